The highest BCUT2D eigenvalue weighted by atomic mass is 79.9. The summed E-state index contributed by atoms with van der Waals surface area (Å²) < 4.78 is 5.69. The molecule has 0 saturated heterocycles. The van der Waals surface area contributed by atoms with Crippen molar-refractivity contribution in [3.05, 3.63) is 52.4 Å². The first kappa shape index (κ1) is 19.5. The maximum Gasteiger partial charge on any atom is 0.291 e. The molecular formula is C17H19BrClN3O3. The summed E-state index contributed by atoms with van der Waals surface area (Å²) in [6.07, 6.45) is 2.22. The van der Waals surface area contributed by atoms with Crippen LogP contribution in [-0.2, 0) is 0 Å². The Balaban J connectivity index is 0.00000225. The van der Waals surface area contributed by atoms with Crippen LogP contribution < -0.4 is 16.4 Å². The van der Waals surface area contributed by atoms with Crippen LogP contribution in [0.4, 0.5) is 5.69 Å². The fourth-order valence-electron chi connectivity index (χ4n) is 2.49. The second-order valence-corrected chi connectivity index (χ2v) is 6.57. The number of amides is 2. The van der Waals surface area contributed by atoms with E-state index in [1.54, 1.807) is 36.4 Å². The van der Waals surface area contributed by atoms with Crippen LogP contribution in [0.5, 0.6) is 0 Å². The predicted molar refractivity (Wildman–Crippen MR) is 101 cm³/mol. The lowest BCUT2D eigenvalue weighted by atomic mass is 10.1. The topological polar surface area (TPSA) is 97.4 Å². The SMILES string of the molecule is Cl.NCC(NC(=O)c1cccc(NC(=O)c2ccc(Br)o2)c1)C1CC1. The van der Waals surface area contributed by atoms with Crippen LogP contribution in [0.3, 0.4) is 0 Å². The number of rotatable bonds is 6. The smallest absolute Gasteiger partial charge is 0.291 e. The van der Waals surface area contributed by atoms with Crippen LogP contribution in [0, 0.1) is 5.92 Å². The van der Waals surface area contributed by atoms with E-state index in [-0.39, 0.29) is 36.0 Å². The van der Waals surface area contributed by atoms with Crippen molar-refractivity contribution >= 4 is 45.8 Å². The zero-order valence-corrected chi connectivity index (χ0v) is 15.7. The number of hydrogen-bond donors (Lipinski definition) is 3. The Hall–Kier alpha value is -1.83. The van der Waals surface area contributed by atoms with Gasteiger partial charge in [0.05, 0.1) is 0 Å². The Morgan fingerprint density at radius 1 is 1.24 bits per heavy atom. The maximum atomic E-state index is 12.4. The van der Waals surface area contributed by atoms with Crippen LogP contribution >= 0.6 is 28.3 Å². The van der Waals surface area contributed by atoms with Crippen LogP contribution in [-0.4, -0.2) is 24.4 Å². The molecule has 0 radical (unpaired) electrons. The zero-order valence-electron chi connectivity index (χ0n) is 13.3. The average Bonchev–Trinajstić information content (AvgIpc) is 3.33. The molecular weight excluding hydrogens is 410 g/mol. The Morgan fingerprint density at radius 3 is 2.60 bits per heavy atom. The van der Waals surface area contributed by atoms with Gasteiger partial charge in [-0.3, -0.25) is 9.59 Å². The quantitative estimate of drug-likeness (QED) is 0.658. The van der Waals surface area contributed by atoms with Gasteiger partial charge in [0.25, 0.3) is 11.8 Å². The van der Waals surface area contributed by atoms with Gasteiger partial charge in [0.1, 0.15) is 0 Å². The largest absolute Gasteiger partial charge is 0.444 e. The first-order valence-electron chi connectivity index (χ1n) is 7.74. The molecule has 1 unspecified atom stereocenters. The van der Waals surface area contributed by atoms with Crippen molar-refractivity contribution in [2.24, 2.45) is 11.7 Å². The highest BCUT2D eigenvalue weighted by Gasteiger charge is 2.31. The highest BCUT2D eigenvalue weighted by molar-refractivity contribution is 9.10. The lowest BCUT2D eigenvalue weighted by Gasteiger charge is -2.16. The molecule has 1 fully saturated rings. The van der Waals surface area contributed by atoms with Gasteiger partial charge in [0.15, 0.2) is 10.4 Å². The van der Waals surface area contributed by atoms with E-state index in [0.29, 0.717) is 28.4 Å². The molecule has 0 spiro atoms. The molecule has 4 N–H and O–H groups in total. The standard InChI is InChI=1S/C17H18BrN3O3.ClH/c18-15-7-6-14(24-15)17(23)20-12-3-1-2-11(8-12)16(22)21-13(9-19)10-4-5-10;/h1-3,6-8,10,13H,4-5,9,19H2,(H,20,23)(H,21,22);1H. The van der Waals surface area contributed by atoms with Crippen LogP contribution in [0.1, 0.15) is 33.8 Å². The average molecular weight is 429 g/mol. The van der Waals surface area contributed by atoms with Crippen molar-refractivity contribution in [2.75, 3.05) is 11.9 Å². The van der Waals surface area contributed by atoms with Gasteiger partial charge in [-0.25, -0.2) is 0 Å². The number of carbonyl (C=O) groups is 2. The van der Waals surface area contributed by atoms with Gasteiger partial charge in [-0.1, -0.05) is 6.07 Å². The van der Waals surface area contributed by atoms with E-state index in [9.17, 15) is 9.59 Å². The lowest BCUT2D eigenvalue weighted by molar-refractivity contribution is 0.0932. The second kappa shape index (κ2) is 8.51. The molecule has 6 nitrogen and oxygen atoms in total. The van der Waals surface area contributed by atoms with Crippen molar-refractivity contribution in [3.63, 3.8) is 0 Å². The normalized spacial score (nSPS) is 14.3. The first-order chi connectivity index (χ1) is 11.6. The van der Waals surface area contributed by atoms with Gasteiger partial charge in [-0.15, -0.1) is 12.4 Å². The van der Waals surface area contributed by atoms with Gasteiger partial charge in [-0.2, -0.15) is 0 Å². The minimum atomic E-state index is -0.379. The van der Waals surface area contributed by atoms with Crippen LogP contribution in [0.25, 0.3) is 0 Å². The number of nitrogens with two attached hydrogens (primary N) is 1. The van der Waals surface area contributed by atoms with Crippen molar-refractivity contribution in [3.8, 4) is 0 Å². The molecule has 1 aliphatic carbocycles. The minimum Gasteiger partial charge on any atom is -0.444 e. The molecule has 1 aromatic heterocycles. The van der Waals surface area contributed by atoms with Gasteiger partial charge >= 0.3 is 0 Å². The highest BCUT2D eigenvalue weighted by Crippen LogP contribution is 2.32. The van der Waals surface area contributed by atoms with Crippen molar-refractivity contribution in [2.45, 2.75) is 18.9 Å². The summed E-state index contributed by atoms with van der Waals surface area (Å²) in [7, 11) is 0. The fourth-order valence-corrected chi connectivity index (χ4v) is 2.79. The summed E-state index contributed by atoms with van der Waals surface area (Å²) >= 11 is 3.15. The second-order valence-electron chi connectivity index (χ2n) is 5.79. The van der Waals surface area contributed by atoms with Crippen molar-refractivity contribution < 1.29 is 14.0 Å². The van der Waals surface area contributed by atoms with E-state index in [0.717, 1.165) is 12.8 Å². The summed E-state index contributed by atoms with van der Waals surface area (Å²) in [5, 5.41) is 5.67. The molecule has 25 heavy (non-hydrogen) atoms. The van der Waals surface area contributed by atoms with Crippen LogP contribution in [0.2, 0.25) is 0 Å². The number of benzene rings is 1. The van der Waals surface area contributed by atoms with Gasteiger partial charge < -0.3 is 20.8 Å². The van der Waals surface area contributed by atoms with E-state index >= 15 is 0 Å². The third kappa shape index (κ3) is 5.07. The molecule has 1 aliphatic rings. The molecule has 3 rings (SSSR count). The Kier molecular flexibility index (Phi) is 6.64. The molecule has 1 atom stereocenters. The molecule has 2 aromatic rings. The summed E-state index contributed by atoms with van der Waals surface area (Å²) in [5.74, 6) is 0.109. The number of halogens is 2. The number of furan rings is 1. The van der Waals surface area contributed by atoms with Crippen LogP contribution in [0.15, 0.2) is 45.5 Å². The first-order valence-corrected chi connectivity index (χ1v) is 8.54. The summed E-state index contributed by atoms with van der Waals surface area (Å²) in [5.41, 5.74) is 6.72. The number of hydrogen-bond acceptors (Lipinski definition) is 4. The molecule has 1 aromatic carbocycles. The fraction of sp³-hybridized carbons (Fsp3) is 0.294. The van der Waals surface area contributed by atoms with E-state index in [2.05, 4.69) is 26.6 Å². The molecule has 134 valence electrons. The zero-order chi connectivity index (χ0) is 17.1. The number of carbonyl (C=O) groups excluding carboxylic acids is 2. The Bertz CT molecular complexity index is 761. The van der Waals surface area contributed by atoms with Gasteiger partial charge in [0, 0.05) is 23.8 Å². The van der Waals surface area contributed by atoms with Crippen molar-refractivity contribution in [1.82, 2.24) is 5.32 Å². The Labute approximate surface area is 160 Å². The summed E-state index contributed by atoms with van der Waals surface area (Å²) in [6, 6.07) is 9.99. The van der Waals surface area contributed by atoms with Gasteiger partial charge in [0.2, 0.25) is 0 Å². The number of anilines is 1. The maximum absolute atomic E-state index is 12.4. The van der Waals surface area contributed by atoms with E-state index in [1.165, 1.54) is 0 Å². The molecule has 1 saturated carbocycles. The molecule has 8 heteroatoms. The monoisotopic (exact) mass is 427 g/mol. The number of nitrogens with one attached hydrogen (secondary N) is 2. The molecule has 1 heterocycles. The minimum absolute atomic E-state index is 0. The van der Waals surface area contributed by atoms with Crippen molar-refractivity contribution in [1.29, 1.82) is 0 Å². The molecule has 0 bridgehead atoms. The Morgan fingerprint density at radius 2 is 2.00 bits per heavy atom. The molecule has 0 aliphatic heterocycles. The third-order valence-electron chi connectivity index (χ3n) is 3.94. The van der Waals surface area contributed by atoms with Gasteiger partial charge in [-0.05, 0) is 65.0 Å². The van der Waals surface area contributed by atoms with E-state index in [1.807, 2.05) is 0 Å². The summed E-state index contributed by atoms with van der Waals surface area (Å²) in [4.78, 5) is 24.4. The summed E-state index contributed by atoms with van der Waals surface area (Å²) in [6.45, 7) is 0.431. The third-order valence-corrected chi connectivity index (χ3v) is 4.37. The lowest BCUT2D eigenvalue weighted by Crippen LogP contribution is -2.41. The molecule has 2 amide bonds. The van der Waals surface area contributed by atoms with E-state index in [4.69, 9.17) is 10.2 Å². The predicted octanol–water partition coefficient (Wildman–Crippen LogP) is 3.18. The van der Waals surface area contributed by atoms with E-state index < -0.39 is 0 Å².